The minimum absolute atomic E-state index is 0.0581. The molecule has 1 spiro atoms. The Morgan fingerprint density at radius 1 is 1.44 bits per heavy atom. The van der Waals surface area contributed by atoms with Crippen LogP contribution >= 0.6 is 0 Å². The molecule has 3 rings (SSSR count). The summed E-state index contributed by atoms with van der Waals surface area (Å²) in [4.78, 5) is 27.3. The van der Waals surface area contributed by atoms with E-state index in [4.69, 9.17) is 9.15 Å². The molecule has 0 aromatic carbocycles. The van der Waals surface area contributed by atoms with Gasteiger partial charge in [0, 0.05) is 12.0 Å². The lowest BCUT2D eigenvalue weighted by Crippen LogP contribution is -2.45. The van der Waals surface area contributed by atoms with Crippen molar-refractivity contribution in [1.29, 1.82) is 0 Å². The molecule has 2 fully saturated rings. The van der Waals surface area contributed by atoms with E-state index in [9.17, 15) is 9.59 Å². The van der Waals surface area contributed by atoms with E-state index in [1.54, 1.807) is 18.6 Å². The molecule has 1 aliphatic carbocycles. The highest BCUT2D eigenvalue weighted by Gasteiger charge is 2.59. The summed E-state index contributed by atoms with van der Waals surface area (Å²) < 4.78 is 11.0. The van der Waals surface area contributed by atoms with Gasteiger partial charge in [0.15, 0.2) is 0 Å². The highest BCUT2D eigenvalue weighted by Crippen LogP contribution is 2.59. The summed E-state index contributed by atoms with van der Waals surface area (Å²) in [6.45, 7) is 6.74. The van der Waals surface area contributed by atoms with Crippen LogP contribution in [0.25, 0.3) is 0 Å². The zero-order valence-corrected chi connectivity index (χ0v) is 15.1. The lowest BCUT2D eigenvalue weighted by atomic mass is 9.56. The summed E-state index contributed by atoms with van der Waals surface area (Å²) in [6, 6.07) is 1.86. The van der Waals surface area contributed by atoms with Crippen LogP contribution in [0.1, 0.15) is 58.1 Å². The maximum absolute atomic E-state index is 13.1. The standard InChI is InChI=1S/C20H25NO4/c1-13(2)16-5-4-14(3)20(17(16)6-8-21-12-22)10-18(25-19(20)23)15-7-9-24-11-15/h7,9,11,14,17-18H,4-6,8,10H2,1-3H3/t14-,17+,18+,20-/m1/s1. The van der Waals surface area contributed by atoms with Crippen molar-refractivity contribution in [3.8, 4) is 0 Å². The second-order valence-corrected chi connectivity index (χ2v) is 7.47. The summed E-state index contributed by atoms with van der Waals surface area (Å²) in [7, 11) is 0. The number of allylic oxidation sites excluding steroid dienone is 2. The SMILES string of the molecule is CC(C)=C1CC[C@@H](C)[C@]2(C[C@@H](c3ccoc3)OC2=O)[C@H]1CCN=C=O. The number of furan rings is 1. The third-order valence-corrected chi connectivity index (χ3v) is 6.07. The summed E-state index contributed by atoms with van der Waals surface area (Å²) in [5.74, 6) is 0.165. The fourth-order valence-electron chi connectivity index (χ4n) is 4.73. The van der Waals surface area contributed by atoms with Gasteiger partial charge < -0.3 is 9.15 Å². The molecule has 2 heterocycles. The molecule has 4 atom stereocenters. The normalized spacial score (nSPS) is 31.7. The van der Waals surface area contributed by atoms with Gasteiger partial charge in [0.2, 0.25) is 6.08 Å². The second-order valence-electron chi connectivity index (χ2n) is 7.47. The maximum Gasteiger partial charge on any atom is 0.313 e. The van der Waals surface area contributed by atoms with Crippen molar-refractivity contribution in [2.75, 3.05) is 6.54 Å². The third kappa shape index (κ3) is 2.98. The lowest BCUT2D eigenvalue weighted by Gasteiger charge is -2.45. The Kier molecular flexibility index (Phi) is 4.96. The van der Waals surface area contributed by atoms with Gasteiger partial charge in [-0.1, -0.05) is 18.1 Å². The van der Waals surface area contributed by atoms with Crippen LogP contribution in [0.3, 0.4) is 0 Å². The minimum atomic E-state index is -0.550. The smallest absolute Gasteiger partial charge is 0.313 e. The molecule has 1 aromatic rings. The Hall–Kier alpha value is -2.13. The Morgan fingerprint density at radius 3 is 2.88 bits per heavy atom. The van der Waals surface area contributed by atoms with Crippen LogP contribution in [0.2, 0.25) is 0 Å². The van der Waals surface area contributed by atoms with Gasteiger partial charge in [-0.25, -0.2) is 9.79 Å². The first-order valence-corrected chi connectivity index (χ1v) is 8.93. The largest absolute Gasteiger partial charge is 0.472 e. The summed E-state index contributed by atoms with van der Waals surface area (Å²) in [6.07, 6.45) is 7.90. The first-order chi connectivity index (χ1) is 12.0. The molecule has 1 aliphatic heterocycles. The van der Waals surface area contributed by atoms with Gasteiger partial charge in [-0.05, 0) is 51.0 Å². The monoisotopic (exact) mass is 343 g/mol. The Bertz CT molecular complexity index is 710. The van der Waals surface area contributed by atoms with E-state index >= 15 is 0 Å². The summed E-state index contributed by atoms with van der Waals surface area (Å²) >= 11 is 0. The zero-order chi connectivity index (χ0) is 18.0. The van der Waals surface area contributed by atoms with E-state index in [2.05, 4.69) is 25.8 Å². The molecular weight excluding hydrogens is 318 g/mol. The first kappa shape index (κ1) is 17.7. The molecule has 0 unspecified atom stereocenters. The van der Waals surface area contributed by atoms with Gasteiger partial charge in [-0.2, -0.15) is 0 Å². The van der Waals surface area contributed by atoms with Crippen LogP contribution in [0.15, 0.2) is 39.1 Å². The number of isocyanates is 1. The van der Waals surface area contributed by atoms with E-state index in [1.807, 2.05) is 6.07 Å². The third-order valence-electron chi connectivity index (χ3n) is 6.07. The van der Waals surface area contributed by atoms with Crippen LogP contribution in [-0.2, 0) is 14.3 Å². The van der Waals surface area contributed by atoms with Crippen molar-refractivity contribution in [1.82, 2.24) is 0 Å². The second kappa shape index (κ2) is 7.01. The molecule has 2 aliphatic rings. The average molecular weight is 343 g/mol. The molecule has 1 aromatic heterocycles. The van der Waals surface area contributed by atoms with Crippen molar-refractivity contribution in [3.05, 3.63) is 35.3 Å². The molecule has 5 heteroatoms. The number of ether oxygens (including phenoxy) is 1. The van der Waals surface area contributed by atoms with E-state index in [-0.39, 0.29) is 23.9 Å². The highest BCUT2D eigenvalue weighted by atomic mass is 16.6. The van der Waals surface area contributed by atoms with Crippen LogP contribution in [-0.4, -0.2) is 18.6 Å². The van der Waals surface area contributed by atoms with Crippen molar-refractivity contribution in [2.45, 2.75) is 52.6 Å². The predicted molar refractivity (Wildman–Crippen MR) is 92.5 cm³/mol. The minimum Gasteiger partial charge on any atom is -0.472 e. The van der Waals surface area contributed by atoms with Gasteiger partial charge in [0.05, 0.1) is 24.5 Å². The van der Waals surface area contributed by atoms with Crippen LogP contribution in [0, 0.1) is 17.3 Å². The predicted octanol–water partition coefficient (Wildman–Crippen LogP) is 4.36. The van der Waals surface area contributed by atoms with Crippen molar-refractivity contribution >= 4 is 12.0 Å². The number of carbonyl (C=O) groups excluding carboxylic acids is 2. The van der Waals surface area contributed by atoms with Crippen LogP contribution in [0.4, 0.5) is 0 Å². The van der Waals surface area contributed by atoms with Gasteiger partial charge >= 0.3 is 5.97 Å². The molecule has 1 saturated heterocycles. The van der Waals surface area contributed by atoms with Gasteiger partial charge in [0.1, 0.15) is 6.10 Å². The van der Waals surface area contributed by atoms with Crippen molar-refractivity contribution < 1.29 is 18.7 Å². The summed E-state index contributed by atoms with van der Waals surface area (Å²) in [5, 5.41) is 0. The lowest BCUT2D eigenvalue weighted by molar-refractivity contribution is -0.154. The Balaban J connectivity index is 2.00. The van der Waals surface area contributed by atoms with Crippen molar-refractivity contribution in [2.24, 2.45) is 22.2 Å². The van der Waals surface area contributed by atoms with Crippen molar-refractivity contribution in [3.63, 3.8) is 0 Å². The number of esters is 1. The number of carbonyl (C=O) groups is 1. The Labute approximate surface area is 148 Å². The molecule has 134 valence electrons. The van der Waals surface area contributed by atoms with Gasteiger partial charge in [-0.3, -0.25) is 4.79 Å². The molecule has 5 nitrogen and oxygen atoms in total. The van der Waals surface area contributed by atoms with E-state index < -0.39 is 5.41 Å². The zero-order valence-electron chi connectivity index (χ0n) is 15.1. The van der Waals surface area contributed by atoms with Crippen LogP contribution in [0.5, 0.6) is 0 Å². The van der Waals surface area contributed by atoms with E-state index in [1.165, 1.54) is 11.1 Å². The quantitative estimate of drug-likeness (QED) is 0.352. The molecule has 1 saturated carbocycles. The number of nitrogens with zero attached hydrogens (tertiary/aromatic N) is 1. The maximum atomic E-state index is 13.1. The van der Waals surface area contributed by atoms with Gasteiger partial charge in [0.25, 0.3) is 0 Å². The fraction of sp³-hybridized carbons (Fsp3) is 0.600. The molecule has 0 bridgehead atoms. The average Bonchev–Trinajstić information content (AvgIpc) is 3.20. The summed E-state index contributed by atoms with van der Waals surface area (Å²) in [5.41, 5.74) is 2.94. The molecule has 25 heavy (non-hydrogen) atoms. The van der Waals surface area contributed by atoms with Crippen LogP contribution < -0.4 is 0 Å². The first-order valence-electron chi connectivity index (χ1n) is 8.93. The van der Waals surface area contributed by atoms with Gasteiger partial charge in [-0.15, -0.1) is 0 Å². The number of rotatable bonds is 4. The number of cyclic esters (lactones) is 1. The number of hydrogen-bond donors (Lipinski definition) is 0. The fourth-order valence-corrected chi connectivity index (χ4v) is 4.73. The number of aliphatic imine (C=N–C) groups is 1. The molecule has 0 amide bonds. The highest BCUT2D eigenvalue weighted by molar-refractivity contribution is 5.81. The number of hydrogen-bond acceptors (Lipinski definition) is 5. The van der Waals surface area contributed by atoms with E-state index in [0.717, 1.165) is 18.4 Å². The molecule has 0 radical (unpaired) electrons. The molecular formula is C20H25NO4. The molecule has 0 N–H and O–H groups in total. The van der Waals surface area contributed by atoms with E-state index in [0.29, 0.717) is 19.4 Å². The topological polar surface area (TPSA) is 68.9 Å². The Morgan fingerprint density at radius 2 is 2.24 bits per heavy atom.